The maximum atomic E-state index is 5.77. The van der Waals surface area contributed by atoms with Crippen molar-refractivity contribution >= 4 is 56.2 Å². The van der Waals surface area contributed by atoms with Gasteiger partial charge in [-0.1, -0.05) is 12.2 Å². The molecule has 0 spiro atoms. The first-order chi connectivity index (χ1) is 13.2. The summed E-state index contributed by atoms with van der Waals surface area (Å²) in [5.74, 6) is 2.31. The van der Waals surface area contributed by atoms with Crippen molar-refractivity contribution in [2.45, 2.75) is 25.7 Å². The molecule has 2 unspecified atom stereocenters. The average Bonchev–Trinajstić information content (AvgIpc) is 3.28. The van der Waals surface area contributed by atoms with Gasteiger partial charge in [-0.05, 0) is 6.42 Å². The number of aromatic nitrogens is 4. The number of imidazole rings is 1. The van der Waals surface area contributed by atoms with E-state index in [0.29, 0.717) is 37.7 Å². The highest BCUT2D eigenvalue weighted by Crippen LogP contribution is 2.46. The van der Waals surface area contributed by atoms with Crippen molar-refractivity contribution in [3.63, 3.8) is 0 Å². The van der Waals surface area contributed by atoms with Crippen LogP contribution in [0.5, 0.6) is 0 Å². The quantitative estimate of drug-likeness (QED) is 0.420. The highest BCUT2D eigenvalue weighted by molar-refractivity contribution is 8.42. The Balaban J connectivity index is 1.63. The van der Waals surface area contributed by atoms with Gasteiger partial charge in [0.25, 0.3) is 0 Å². The zero-order valence-electron chi connectivity index (χ0n) is 14.7. The number of nitrogens with zero attached hydrogens (tertiary/aromatic N) is 4. The first-order valence-electron chi connectivity index (χ1n) is 8.23. The van der Waals surface area contributed by atoms with Gasteiger partial charge in [0.15, 0.2) is 5.65 Å². The van der Waals surface area contributed by atoms with Crippen molar-refractivity contribution in [3.8, 4) is 0 Å². The largest absolute Gasteiger partial charge is 0.379 e. The third-order valence-corrected chi connectivity index (χ3v) is 6.80. The molecular formula is C14H22N4O5P2S2. The van der Waals surface area contributed by atoms with Gasteiger partial charge in [-0.25, -0.2) is 15.0 Å². The Labute approximate surface area is 169 Å². The number of hydrogen-bond donors (Lipinski definition) is 2. The molecule has 2 aromatic rings. The molecule has 1 aliphatic rings. The van der Waals surface area contributed by atoms with Gasteiger partial charge in [-0.3, -0.25) is 0 Å². The Morgan fingerprint density at radius 3 is 3.19 bits per heavy atom. The van der Waals surface area contributed by atoms with Crippen LogP contribution in [0.4, 0.5) is 0 Å². The second-order valence-corrected chi connectivity index (χ2v) is 10.0. The summed E-state index contributed by atoms with van der Waals surface area (Å²) >= 11 is 8.76. The lowest BCUT2D eigenvalue weighted by atomic mass is 10.3. The third-order valence-electron chi connectivity index (χ3n) is 3.70. The second kappa shape index (κ2) is 11.1. The maximum Gasteiger partial charge on any atom is 0.235 e. The Kier molecular flexibility index (Phi) is 8.83. The van der Waals surface area contributed by atoms with Crippen molar-refractivity contribution in [3.05, 3.63) is 18.3 Å². The van der Waals surface area contributed by atoms with Crippen LogP contribution in [0, 0.1) is 0 Å². The highest BCUT2D eigenvalue weighted by atomic mass is 32.7. The molecule has 2 aromatic heterocycles. The van der Waals surface area contributed by atoms with E-state index in [1.54, 1.807) is 19.3 Å². The van der Waals surface area contributed by atoms with Crippen LogP contribution >= 0.6 is 39.0 Å². The molecule has 3 rings (SSSR count). The molecule has 0 aliphatic carbocycles. The number of thiol groups is 2. The fourth-order valence-electron chi connectivity index (χ4n) is 2.51. The van der Waals surface area contributed by atoms with Crippen LogP contribution in [0.3, 0.4) is 0 Å². The first-order valence-corrected chi connectivity index (χ1v) is 13.3. The van der Waals surface area contributed by atoms with Crippen LogP contribution in [-0.4, -0.2) is 58.5 Å². The van der Waals surface area contributed by atoms with Crippen LogP contribution in [0.1, 0.15) is 12.2 Å². The number of methoxy groups -OCH3 is 1. The Morgan fingerprint density at radius 1 is 1.52 bits per heavy atom. The molecule has 0 amide bonds. The topological polar surface area (TPSA) is 89.8 Å². The number of rotatable bonds is 10. The van der Waals surface area contributed by atoms with E-state index in [1.807, 2.05) is 4.57 Å². The van der Waals surface area contributed by atoms with Crippen molar-refractivity contribution in [2.24, 2.45) is 0 Å². The van der Waals surface area contributed by atoms with Crippen molar-refractivity contribution < 1.29 is 23.0 Å². The van der Waals surface area contributed by atoms with Crippen LogP contribution in [0.25, 0.3) is 11.2 Å². The Bertz CT molecular complexity index is 775. The minimum absolute atomic E-state index is 0.0414. The van der Waals surface area contributed by atoms with Gasteiger partial charge in [0.1, 0.15) is 24.3 Å². The van der Waals surface area contributed by atoms with Crippen LogP contribution in [-0.2, 0) is 36.2 Å². The first kappa shape index (κ1) is 21.5. The van der Waals surface area contributed by atoms with E-state index in [9.17, 15) is 0 Å². The summed E-state index contributed by atoms with van der Waals surface area (Å²) in [5, 5.41) is 0. The predicted octanol–water partition coefficient (Wildman–Crippen LogP) is 2.70. The molecule has 150 valence electrons. The molecule has 13 heteroatoms. The summed E-state index contributed by atoms with van der Waals surface area (Å²) in [6, 6.07) is 0. The average molecular weight is 452 g/mol. The summed E-state index contributed by atoms with van der Waals surface area (Å²) in [5.41, 5.74) is 1.43. The molecule has 0 radical (unpaired) electrons. The number of ether oxygens (including phenoxy) is 2. The molecule has 0 bridgehead atoms. The van der Waals surface area contributed by atoms with Crippen LogP contribution < -0.4 is 0 Å². The summed E-state index contributed by atoms with van der Waals surface area (Å²) in [6.07, 6.45) is 4.07. The maximum absolute atomic E-state index is 5.77. The van der Waals surface area contributed by atoms with Crippen molar-refractivity contribution in [2.75, 3.05) is 26.9 Å². The highest BCUT2D eigenvalue weighted by Gasteiger charge is 2.21. The van der Waals surface area contributed by atoms with Crippen LogP contribution in [0.15, 0.2) is 12.5 Å². The van der Waals surface area contributed by atoms with Crippen molar-refractivity contribution in [1.29, 1.82) is 0 Å². The summed E-state index contributed by atoms with van der Waals surface area (Å²) in [4.78, 5) is 12.9. The minimum atomic E-state index is -1.39. The lowest BCUT2D eigenvalue weighted by molar-refractivity contribution is 0.136. The smallest absolute Gasteiger partial charge is 0.235 e. The van der Waals surface area contributed by atoms with E-state index in [0.717, 1.165) is 12.1 Å². The molecule has 27 heavy (non-hydrogen) atoms. The normalized spacial score (nSPS) is 19.7. The van der Waals surface area contributed by atoms with Gasteiger partial charge in [0.2, 0.25) is 7.58 Å². The van der Waals surface area contributed by atoms with Gasteiger partial charge in [0, 0.05) is 20.3 Å². The van der Waals surface area contributed by atoms with Gasteiger partial charge in [-0.15, -0.1) is 12.2 Å². The number of hydrogen-bond acceptors (Lipinski definition) is 10. The second-order valence-electron chi connectivity index (χ2n) is 5.55. The van der Waals surface area contributed by atoms with E-state index >= 15 is 0 Å². The predicted molar refractivity (Wildman–Crippen MR) is 113 cm³/mol. The third kappa shape index (κ3) is 6.39. The van der Waals surface area contributed by atoms with Gasteiger partial charge in [0.05, 0.1) is 38.5 Å². The molecule has 1 aliphatic heterocycles. The van der Waals surface area contributed by atoms with Gasteiger partial charge in [-0.2, -0.15) is 0 Å². The zero-order chi connectivity index (χ0) is 19.1. The van der Waals surface area contributed by atoms with Gasteiger partial charge >= 0.3 is 0 Å². The standard InChI is InChI=1S/C14H22N4O5P2S2/c1-19-10-24(26)21-5-3-18-13(17-12-6-15-9-16-14(12)18)8-22-25(27)23-11-2-4-20-7-11/h6,9-11,24,26-27H,2-5,7-8H2,1H3/t11-,25?/m1/s1. The van der Waals surface area contributed by atoms with Crippen molar-refractivity contribution in [1.82, 2.24) is 19.5 Å². The molecule has 3 heterocycles. The minimum Gasteiger partial charge on any atom is -0.379 e. The lowest BCUT2D eigenvalue weighted by Crippen LogP contribution is -2.11. The monoisotopic (exact) mass is 452 g/mol. The summed E-state index contributed by atoms with van der Waals surface area (Å²) in [6.45, 7) is 1.17. The molecular weight excluding hydrogens is 430 g/mol. The SMILES string of the molecule is CO/C=[PH](/S)OCCn1c(COP(S)O[C@@H]2CCOC2)nc2cncnc21. The molecule has 0 saturated carbocycles. The molecule has 0 N–H and O–H groups in total. The molecule has 1 fully saturated rings. The molecule has 0 aromatic carbocycles. The lowest BCUT2D eigenvalue weighted by Gasteiger charge is -2.16. The zero-order valence-corrected chi connectivity index (χ0v) is 18.4. The fourth-order valence-corrected chi connectivity index (χ4v) is 4.95. The molecule has 1 saturated heterocycles. The number of fused-ring (bicyclic) bond motifs is 1. The Morgan fingerprint density at radius 2 is 2.41 bits per heavy atom. The molecule has 9 nitrogen and oxygen atoms in total. The fraction of sp³-hybridized carbons (Fsp3) is 0.571. The van der Waals surface area contributed by atoms with Gasteiger partial charge < -0.3 is 27.6 Å². The van der Waals surface area contributed by atoms with E-state index in [4.69, 9.17) is 23.0 Å². The van der Waals surface area contributed by atoms with E-state index in [1.165, 1.54) is 6.33 Å². The van der Waals surface area contributed by atoms with E-state index < -0.39 is 14.6 Å². The van der Waals surface area contributed by atoms with E-state index in [-0.39, 0.29) is 12.7 Å². The summed E-state index contributed by atoms with van der Waals surface area (Å²) < 4.78 is 29.4. The molecule has 3 atom stereocenters. The Hall–Kier alpha value is -0.220. The summed E-state index contributed by atoms with van der Waals surface area (Å²) in [7, 11) is 0.259. The van der Waals surface area contributed by atoms with Crippen LogP contribution in [0.2, 0.25) is 0 Å². The van der Waals surface area contributed by atoms with E-state index in [2.05, 4.69) is 39.4 Å².